The number of hydrogen-bond donors (Lipinski definition) is 2. The molecule has 1 aliphatic rings. The average molecular weight is 278 g/mol. The second-order valence-electron chi connectivity index (χ2n) is 5.31. The molecule has 1 heterocycles. The van der Waals surface area contributed by atoms with E-state index < -0.39 is 0 Å². The Morgan fingerprint density at radius 3 is 2.70 bits per heavy atom. The number of anilines is 2. The summed E-state index contributed by atoms with van der Waals surface area (Å²) >= 11 is 0. The van der Waals surface area contributed by atoms with Crippen LogP contribution in [0, 0.1) is 0 Å². The fourth-order valence-electron chi connectivity index (χ4n) is 2.53. The summed E-state index contributed by atoms with van der Waals surface area (Å²) in [5.41, 5.74) is 0. The number of nitrogens with zero attached hydrogens (tertiary/aromatic N) is 3. The van der Waals surface area contributed by atoms with E-state index in [1.54, 1.807) is 0 Å². The van der Waals surface area contributed by atoms with Gasteiger partial charge < -0.3 is 15.3 Å². The van der Waals surface area contributed by atoms with Crippen LogP contribution in [0.2, 0.25) is 0 Å². The van der Waals surface area contributed by atoms with Gasteiger partial charge >= 0.3 is 0 Å². The Morgan fingerprint density at radius 2 is 2.15 bits per heavy atom. The van der Waals surface area contributed by atoms with Gasteiger partial charge in [0.05, 0.1) is 6.61 Å². The van der Waals surface area contributed by atoms with Crippen LogP contribution in [0.15, 0.2) is 6.07 Å². The van der Waals surface area contributed by atoms with Crippen molar-refractivity contribution < 1.29 is 5.11 Å². The molecule has 2 N–H and O–H groups in total. The van der Waals surface area contributed by atoms with E-state index in [4.69, 9.17) is 4.98 Å². The number of hydrogen-bond acceptors (Lipinski definition) is 5. The van der Waals surface area contributed by atoms with Crippen LogP contribution in [0.3, 0.4) is 0 Å². The maximum atomic E-state index is 9.31. The van der Waals surface area contributed by atoms with E-state index in [9.17, 15) is 5.11 Å². The van der Waals surface area contributed by atoms with Gasteiger partial charge in [0.25, 0.3) is 0 Å². The van der Waals surface area contributed by atoms with Crippen molar-refractivity contribution in [3.05, 3.63) is 11.9 Å². The molecule has 0 radical (unpaired) electrons. The van der Waals surface area contributed by atoms with E-state index in [1.807, 2.05) is 6.07 Å². The van der Waals surface area contributed by atoms with Crippen LogP contribution in [-0.2, 0) is 6.42 Å². The lowest BCUT2D eigenvalue weighted by atomic mass is 9.91. The molecular formula is C15H26N4O. The zero-order valence-corrected chi connectivity index (χ0v) is 12.6. The summed E-state index contributed by atoms with van der Waals surface area (Å²) < 4.78 is 0. The molecule has 1 aliphatic carbocycles. The molecule has 0 spiro atoms. The van der Waals surface area contributed by atoms with E-state index in [0.717, 1.165) is 36.8 Å². The standard InChI is InChI=1S/C15H26N4O/c1-3-6-13-17-14(16-4-2)11-15(18-13)19(9-10-20)12-7-5-8-12/h11-12,20H,3-10H2,1-2H3,(H,16,17,18). The van der Waals surface area contributed by atoms with Gasteiger partial charge in [-0.2, -0.15) is 0 Å². The summed E-state index contributed by atoms with van der Waals surface area (Å²) in [5, 5.41) is 12.6. The van der Waals surface area contributed by atoms with Crippen molar-refractivity contribution in [1.82, 2.24) is 9.97 Å². The van der Waals surface area contributed by atoms with Crippen LogP contribution >= 0.6 is 0 Å². The Morgan fingerprint density at radius 1 is 1.35 bits per heavy atom. The van der Waals surface area contributed by atoms with Crippen molar-refractivity contribution in [2.24, 2.45) is 0 Å². The van der Waals surface area contributed by atoms with E-state index in [1.165, 1.54) is 19.3 Å². The Labute approximate surface area is 121 Å². The third-order valence-electron chi connectivity index (χ3n) is 3.74. The van der Waals surface area contributed by atoms with Gasteiger partial charge in [-0.25, -0.2) is 9.97 Å². The number of aliphatic hydroxyl groups is 1. The Kier molecular flexibility index (Phi) is 5.59. The largest absolute Gasteiger partial charge is 0.395 e. The summed E-state index contributed by atoms with van der Waals surface area (Å²) in [6.45, 7) is 5.88. The number of aliphatic hydroxyl groups excluding tert-OH is 1. The molecule has 20 heavy (non-hydrogen) atoms. The Balaban J connectivity index is 2.25. The predicted octanol–water partition coefficient (Wildman–Crippen LogP) is 2.21. The normalized spacial score (nSPS) is 14.9. The molecule has 1 aromatic rings. The summed E-state index contributed by atoms with van der Waals surface area (Å²) in [4.78, 5) is 11.5. The molecule has 5 heteroatoms. The maximum absolute atomic E-state index is 9.31. The van der Waals surface area contributed by atoms with Crippen molar-refractivity contribution >= 4 is 11.6 Å². The van der Waals surface area contributed by atoms with Crippen molar-refractivity contribution in [2.75, 3.05) is 29.9 Å². The molecule has 112 valence electrons. The summed E-state index contributed by atoms with van der Waals surface area (Å²) in [6, 6.07) is 2.54. The summed E-state index contributed by atoms with van der Waals surface area (Å²) in [6.07, 6.45) is 5.61. The van der Waals surface area contributed by atoms with Crippen LogP contribution < -0.4 is 10.2 Å². The van der Waals surface area contributed by atoms with Gasteiger partial charge in [-0.15, -0.1) is 0 Å². The molecule has 0 atom stereocenters. The van der Waals surface area contributed by atoms with Gasteiger partial charge in [-0.05, 0) is 32.6 Å². The summed E-state index contributed by atoms with van der Waals surface area (Å²) in [7, 11) is 0. The topological polar surface area (TPSA) is 61.3 Å². The average Bonchev–Trinajstić information content (AvgIpc) is 2.36. The first kappa shape index (κ1) is 15.0. The Bertz CT molecular complexity index is 396. The van der Waals surface area contributed by atoms with Crippen LogP contribution in [0.5, 0.6) is 0 Å². The highest BCUT2D eigenvalue weighted by molar-refractivity contribution is 5.50. The van der Waals surface area contributed by atoms with E-state index >= 15 is 0 Å². The van der Waals surface area contributed by atoms with Crippen molar-refractivity contribution in [2.45, 2.75) is 52.0 Å². The van der Waals surface area contributed by atoms with E-state index in [2.05, 4.69) is 29.0 Å². The molecular weight excluding hydrogens is 252 g/mol. The minimum atomic E-state index is 0.167. The van der Waals surface area contributed by atoms with Gasteiger partial charge in [0.15, 0.2) is 0 Å². The van der Waals surface area contributed by atoms with Crippen LogP contribution in [-0.4, -0.2) is 40.8 Å². The molecule has 0 unspecified atom stereocenters. The zero-order chi connectivity index (χ0) is 14.4. The highest BCUT2D eigenvalue weighted by Crippen LogP contribution is 2.29. The van der Waals surface area contributed by atoms with Crippen LogP contribution in [0.25, 0.3) is 0 Å². The molecule has 0 amide bonds. The quantitative estimate of drug-likeness (QED) is 0.763. The third kappa shape index (κ3) is 3.60. The first-order valence-electron chi connectivity index (χ1n) is 7.77. The molecule has 0 aromatic carbocycles. The minimum Gasteiger partial charge on any atom is -0.395 e. The first-order valence-corrected chi connectivity index (χ1v) is 7.77. The second-order valence-corrected chi connectivity index (χ2v) is 5.31. The summed E-state index contributed by atoms with van der Waals surface area (Å²) in [5.74, 6) is 2.74. The highest BCUT2D eigenvalue weighted by Gasteiger charge is 2.26. The fraction of sp³-hybridized carbons (Fsp3) is 0.733. The van der Waals surface area contributed by atoms with Gasteiger partial charge in [-0.3, -0.25) is 0 Å². The molecule has 1 fully saturated rings. The molecule has 2 rings (SSSR count). The van der Waals surface area contributed by atoms with Gasteiger partial charge in [-0.1, -0.05) is 6.92 Å². The highest BCUT2D eigenvalue weighted by atomic mass is 16.3. The van der Waals surface area contributed by atoms with Gasteiger partial charge in [0.2, 0.25) is 0 Å². The van der Waals surface area contributed by atoms with Gasteiger partial charge in [0, 0.05) is 31.6 Å². The zero-order valence-electron chi connectivity index (χ0n) is 12.6. The van der Waals surface area contributed by atoms with Crippen LogP contribution in [0.4, 0.5) is 11.6 Å². The Hall–Kier alpha value is -1.36. The minimum absolute atomic E-state index is 0.167. The fourth-order valence-corrected chi connectivity index (χ4v) is 2.53. The van der Waals surface area contributed by atoms with E-state index in [0.29, 0.717) is 12.6 Å². The third-order valence-corrected chi connectivity index (χ3v) is 3.74. The number of nitrogens with one attached hydrogen (secondary N) is 1. The number of aryl methyl sites for hydroxylation is 1. The predicted molar refractivity (Wildman–Crippen MR) is 82.3 cm³/mol. The van der Waals surface area contributed by atoms with Crippen molar-refractivity contribution in [3.63, 3.8) is 0 Å². The lowest BCUT2D eigenvalue weighted by Crippen LogP contribution is -2.42. The van der Waals surface area contributed by atoms with Crippen molar-refractivity contribution in [1.29, 1.82) is 0 Å². The molecule has 0 bridgehead atoms. The van der Waals surface area contributed by atoms with E-state index in [-0.39, 0.29) is 6.61 Å². The smallest absolute Gasteiger partial charge is 0.134 e. The maximum Gasteiger partial charge on any atom is 0.134 e. The van der Waals surface area contributed by atoms with Crippen LogP contribution in [0.1, 0.15) is 45.4 Å². The monoisotopic (exact) mass is 278 g/mol. The first-order chi connectivity index (χ1) is 9.78. The number of aromatic nitrogens is 2. The number of rotatable bonds is 8. The lowest BCUT2D eigenvalue weighted by molar-refractivity contribution is 0.283. The molecule has 1 aromatic heterocycles. The molecule has 0 aliphatic heterocycles. The second kappa shape index (κ2) is 7.43. The van der Waals surface area contributed by atoms with Gasteiger partial charge in [0.1, 0.15) is 17.5 Å². The molecule has 1 saturated carbocycles. The molecule has 0 saturated heterocycles. The molecule has 5 nitrogen and oxygen atoms in total. The van der Waals surface area contributed by atoms with Crippen molar-refractivity contribution in [3.8, 4) is 0 Å². The lowest BCUT2D eigenvalue weighted by Gasteiger charge is -2.38. The SMILES string of the molecule is CCCc1nc(NCC)cc(N(CCO)C2CCC2)n1.